The zero-order valence-electron chi connectivity index (χ0n) is 18.0. The molecule has 2 N–H and O–H groups in total. The molecular formula is C25H23N3O2S2. The number of fused-ring (bicyclic) bond motifs is 1. The maximum absolute atomic E-state index is 12.5. The van der Waals surface area contributed by atoms with E-state index >= 15 is 0 Å². The number of thiazole rings is 1. The van der Waals surface area contributed by atoms with Gasteiger partial charge in [-0.25, -0.2) is 4.98 Å². The summed E-state index contributed by atoms with van der Waals surface area (Å²) in [6.45, 7) is 5.96. The molecule has 0 bridgehead atoms. The van der Waals surface area contributed by atoms with Gasteiger partial charge < -0.3 is 10.1 Å². The molecule has 4 aromatic rings. The van der Waals surface area contributed by atoms with E-state index in [0.29, 0.717) is 11.3 Å². The summed E-state index contributed by atoms with van der Waals surface area (Å²) in [5, 5.41) is 6.96. The lowest BCUT2D eigenvalue weighted by atomic mass is 10.2. The number of nitrogens with zero attached hydrogens (tertiary/aromatic N) is 1. The Hall–Kier alpha value is -3.29. The maximum atomic E-state index is 12.5. The molecular weight excluding hydrogens is 438 g/mol. The quantitative estimate of drug-likeness (QED) is 0.347. The molecule has 0 aliphatic carbocycles. The van der Waals surface area contributed by atoms with Gasteiger partial charge in [-0.2, -0.15) is 0 Å². The molecule has 4 rings (SSSR count). The molecule has 1 heterocycles. The number of carbonyl (C=O) groups excluding carboxylic acids is 1. The number of benzene rings is 3. The van der Waals surface area contributed by atoms with Gasteiger partial charge in [-0.15, -0.1) is 11.3 Å². The molecule has 0 aliphatic heterocycles. The van der Waals surface area contributed by atoms with Crippen LogP contribution in [0, 0.1) is 6.92 Å². The third-order valence-electron chi connectivity index (χ3n) is 4.63. The maximum Gasteiger partial charge on any atom is 0.257 e. The Balaban J connectivity index is 1.39. The molecule has 5 nitrogen and oxygen atoms in total. The molecule has 1 aromatic heterocycles. The fourth-order valence-corrected chi connectivity index (χ4v) is 4.45. The van der Waals surface area contributed by atoms with Crippen LogP contribution >= 0.6 is 23.6 Å². The number of nitrogens with one attached hydrogen (secondary N) is 2. The Morgan fingerprint density at radius 2 is 1.84 bits per heavy atom. The van der Waals surface area contributed by atoms with Crippen molar-refractivity contribution in [3.05, 3.63) is 77.9 Å². The highest BCUT2D eigenvalue weighted by Gasteiger charge is 2.11. The molecule has 0 unspecified atom stereocenters. The first-order valence-corrected chi connectivity index (χ1v) is 11.5. The minimum Gasteiger partial charge on any atom is -0.491 e. The summed E-state index contributed by atoms with van der Waals surface area (Å²) in [5.74, 6) is 0.352. The summed E-state index contributed by atoms with van der Waals surface area (Å²) in [6.07, 6.45) is 0.0332. The van der Waals surface area contributed by atoms with Crippen LogP contribution in [-0.4, -0.2) is 22.1 Å². The highest BCUT2D eigenvalue weighted by molar-refractivity contribution is 7.80. The van der Waals surface area contributed by atoms with Gasteiger partial charge in [0.25, 0.3) is 5.91 Å². The van der Waals surface area contributed by atoms with E-state index in [1.54, 1.807) is 29.5 Å². The average molecular weight is 462 g/mol. The van der Waals surface area contributed by atoms with Crippen molar-refractivity contribution in [3.63, 3.8) is 0 Å². The Morgan fingerprint density at radius 3 is 2.59 bits per heavy atom. The zero-order chi connectivity index (χ0) is 22.7. The molecule has 1 amide bonds. The summed E-state index contributed by atoms with van der Waals surface area (Å²) in [5.41, 5.74) is 4.53. The van der Waals surface area contributed by atoms with E-state index in [4.69, 9.17) is 21.9 Å². The molecule has 0 spiro atoms. The molecule has 32 heavy (non-hydrogen) atoms. The van der Waals surface area contributed by atoms with E-state index in [1.165, 1.54) is 10.3 Å². The number of hydrogen-bond acceptors (Lipinski definition) is 5. The molecule has 0 atom stereocenters. The number of aromatic nitrogens is 1. The van der Waals surface area contributed by atoms with Crippen LogP contribution in [0.2, 0.25) is 0 Å². The van der Waals surface area contributed by atoms with Crippen LogP contribution in [0.15, 0.2) is 66.7 Å². The van der Waals surface area contributed by atoms with E-state index in [-0.39, 0.29) is 17.1 Å². The number of rotatable bonds is 5. The summed E-state index contributed by atoms with van der Waals surface area (Å²) >= 11 is 6.98. The van der Waals surface area contributed by atoms with Gasteiger partial charge in [-0.05, 0) is 93.1 Å². The Bertz CT molecular complexity index is 1280. The van der Waals surface area contributed by atoms with Crippen LogP contribution in [0.5, 0.6) is 5.75 Å². The second-order valence-corrected chi connectivity index (χ2v) is 9.11. The smallest absolute Gasteiger partial charge is 0.257 e. The lowest BCUT2D eigenvalue weighted by Crippen LogP contribution is -2.34. The van der Waals surface area contributed by atoms with Gasteiger partial charge in [0, 0.05) is 16.8 Å². The van der Waals surface area contributed by atoms with Gasteiger partial charge in [-0.1, -0.05) is 12.1 Å². The van der Waals surface area contributed by atoms with E-state index in [1.807, 2.05) is 50.2 Å². The molecule has 0 aliphatic rings. The van der Waals surface area contributed by atoms with Gasteiger partial charge in [0.15, 0.2) is 5.11 Å². The summed E-state index contributed by atoms with van der Waals surface area (Å²) < 4.78 is 6.82. The van der Waals surface area contributed by atoms with Crippen LogP contribution in [-0.2, 0) is 0 Å². The van der Waals surface area contributed by atoms with Crippen molar-refractivity contribution in [2.45, 2.75) is 26.9 Å². The molecule has 0 radical (unpaired) electrons. The van der Waals surface area contributed by atoms with Crippen LogP contribution < -0.4 is 15.4 Å². The van der Waals surface area contributed by atoms with E-state index in [2.05, 4.69) is 29.7 Å². The zero-order valence-corrected chi connectivity index (χ0v) is 19.6. The minimum absolute atomic E-state index is 0.0332. The average Bonchev–Trinajstić information content (AvgIpc) is 3.17. The van der Waals surface area contributed by atoms with Crippen LogP contribution in [0.3, 0.4) is 0 Å². The number of ether oxygens (including phenoxy) is 1. The van der Waals surface area contributed by atoms with Crippen molar-refractivity contribution in [2.24, 2.45) is 0 Å². The highest BCUT2D eigenvalue weighted by atomic mass is 32.1. The molecule has 3 aromatic carbocycles. The van der Waals surface area contributed by atoms with E-state index < -0.39 is 0 Å². The number of thiocarbonyl (C=S) groups is 1. The minimum atomic E-state index is -0.293. The lowest BCUT2D eigenvalue weighted by molar-refractivity contribution is 0.0977. The first kappa shape index (κ1) is 21.9. The normalized spacial score (nSPS) is 10.9. The third-order valence-corrected chi connectivity index (χ3v) is 5.90. The van der Waals surface area contributed by atoms with E-state index in [0.717, 1.165) is 21.8 Å². The molecule has 0 saturated heterocycles. The monoisotopic (exact) mass is 461 g/mol. The van der Waals surface area contributed by atoms with Crippen molar-refractivity contribution in [1.29, 1.82) is 0 Å². The van der Waals surface area contributed by atoms with Crippen LogP contribution in [0.1, 0.15) is 29.8 Å². The number of amides is 1. The topological polar surface area (TPSA) is 63.2 Å². The highest BCUT2D eigenvalue weighted by Crippen LogP contribution is 2.31. The lowest BCUT2D eigenvalue weighted by Gasteiger charge is -2.12. The van der Waals surface area contributed by atoms with E-state index in [9.17, 15) is 4.79 Å². The molecule has 7 heteroatoms. The van der Waals surface area contributed by atoms with Gasteiger partial charge in [0.2, 0.25) is 0 Å². The largest absolute Gasteiger partial charge is 0.491 e. The van der Waals surface area contributed by atoms with Crippen LogP contribution in [0.4, 0.5) is 5.69 Å². The van der Waals surface area contributed by atoms with Gasteiger partial charge in [-0.3, -0.25) is 10.1 Å². The fourth-order valence-electron chi connectivity index (χ4n) is 3.17. The fraction of sp³-hybridized carbons (Fsp3) is 0.160. The number of hydrogen-bond donors (Lipinski definition) is 2. The summed E-state index contributed by atoms with van der Waals surface area (Å²) in [7, 11) is 0. The van der Waals surface area contributed by atoms with Gasteiger partial charge >= 0.3 is 0 Å². The van der Waals surface area contributed by atoms with Gasteiger partial charge in [0.1, 0.15) is 10.8 Å². The number of anilines is 1. The van der Waals surface area contributed by atoms with Crippen molar-refractivity contribution < 1.29 is 9.53 Å². The first-order valence-electron chi connectivity index (χ1n) is 10.2. The van der Waals surface area contributed by atoms with Crippen molar-refractivity contribution in [1.82, 2.24) is 10.3 Å². The predicted octanol–water partition coefficient (Wildman–Crippen LogP) is 6.19. The van der Waals surface area contributed by atoms with Crippen molar-refractivity contribution in [2.75, 3.05) is 5.32 Å². The number of carbonyl (C=O) groups is 1. The second-order valence-electron chi connectivity index (χ2n) is 7.67. The molecule has 0 fully saturated rings. The summed E-state index contributed by atoms with van der Waals surface area (Å²) in [4.78, 5) is 17.2. The third kappa shape index (κ3) is 5.30. The SMILES string of the molecule is Cc1ccc2nc(-c3ccc(NC(=S)NC(=O)c4cccc(OC(C)C)c4)cc3)sc2c1. The molecule has 162 valence electrons. The van der Waals surface area contributed by atoms with Crippen molar-refractivity contribution >= 4 is 50.5 Å². The second kappa shape index (κ2) is 9.46. The number of aryl methyl sites for hydroxylation is 1. The van der Waals surface area contributed by atoms with Gasteiger partial charge in [0.05, 0.1) is 16.3 Å². The Kier molecular flexibility index (Phi) is 6.48. The van der Waals surface area contributed by atoms with Crippen LogP contribution in [0.25, 0.3) is 20.8 Å². The first-order chi connectivity index (χ1) is 15.4. The molecule has 0 saturated carbocycles. The summed E-state index contributed by atoms with van der Waals surface area (Å²) in [6, 6.07) is 21.1. The van der Waals surface area contributed by atoms with Crippen molar-refractivity contribution in [3.8, 4) is 16.3 Å². The Labute approximate surface area is 196 Å². The predicted molar refractivity (Wildman–Crippen MR) is 136 cm³/mol. The Morgan fingerprint density at radius 1 is 1.06 bits per heavy atom. The standard InChI is InChI=1S/C25H23N3O2S2/c1-15(2)30-20-6-4-5-18(14-20)23(29)28-25(31)26-19-10-8-17(9-11-19)24-27-21-12-7-16(3)13-22(21)32-24/h4-15H,1-3H3,(H2,26,28,29,31).